The molecule has 4 aliphatic rings. The second kappa shape index (κ2) is 6.10. The normalized spacial score (nSPS) is 28.5. The van der Waals surface area contributed by atoms with E-state index in [-0.39, 0.29) is 5.60 Å². The Kier molecular flexibility index (Phi) is 4.13. The van der Waals surface area contributed by atoms with Gasteiger partial charge in [-0.25, -0.2) is 0 Å². The SMILES string of the molecule is O=C(CC1CC1)N1CCOC2(CN(CCOC3CCC3)C2)C1. The monoisotopic (exact) mass is 308 g/mol. The van der Waals surface area contributed by atoms with Crippen LogP contribution in [-0.4, -0.2) is 73.3 Å². The number of amides is 1. The standard InChI is InChI=1S/C17H28N2O3/c20-16(10-14-4-5-14)19-7-9-22-17(13-19)11-18(12-17)6-8-21-15-2-1-3-15/h14-15H,1-13H2. The number of carbonyl (C=O) groups is 1. The molecule has 0 aromatic heterocycles. The molecule has 2 saturated heterocycles. The molecule has 22 heavy (non-hydrogen) atoms. The minimum Gasteiger partial charge on any atom is -0.377 e. The molecule has 0 unspecified atom stereocenters. The van der Waals surface area contributed by atoms with Crippen molar-refractivity contribution in [2.24, 2.45) is 5.92 Å². The number of hydrogen-bond donors (Lipinski definition) is 0. The maximum Gasteiger partial charge on any atom is 0.223 e. The Labute approximate surface area is 132 Å². The van der Waals surface area contributed by atoms with Gasteiger partial charge in [-0.3, -0.25) is 9.69 Å². The molecule has 4 fully saturated rings. The molecule has 0 N–H and O–H groups in total. The highest BCUT2D eigenvalue weighted by atomic mass is 16.5. The van der Waals surface area contributed by atoms with Gasteiger partial charge in [-0.1, -0.05) is 0 Å². The van der Waals surface area contributed by atoms with E-state index in [0.29, 0.717) is 24.5 Å². The highest BCUT2D eigenvalue weighted by molar-refractivity contribution is 5.77. The van der Waals surface area contributed by atoms with Gasteiger partial charge in [0.25, 0.3) is 0 Å². The van der Waals surface area contributed by atoms with Crippen LogP contribution in [0.5, 0.6) is 0 Å². The third-order valence-corrected chi connectivity index (χ3v) is 5.60. The number of rotatable bonds is 6. The van der Waals surface area contributed by atoms with Gasteiger partial charge in [-0.2, -0.15) is 0 Å². The van der Waals surface area contributed by atoms with Gasteiger partial charge in [0, 0.05) is 32.6 Å². The smallest absolute Gasteiger partial charge is 0.223 e. The van der Waals surface area contributed by atoms with Crippen molar-refractivity contribution in [2.45, 2.75) is 50.2 Å². The minimum atomic E-state index is -0.0894. The first-order valence-corrected chi connectivity index (χ1v) is 8.98. The zero-order chi connectivity index (χ0) is 15.0. The van der Waals surface area contributed by atoms with E-state index in [9.17, 15) is 4.79 Å². The number of hydrogen-bond acceptors (Lipinski definition) is 4. The van der Waals surface area contributed by atoms with Crippen molar-refractivity contribution >= 4 is 5.91 Å². The zero-order valence-electron chi connectivity index (χ0n) is 13.5. The number of ether oxygens (including phenoxy) is 2. The first-order chi connectivity index (χ1) is 10.7. The van der Waals surface area contributed by atoms with Gasteiger partial charge in [0.1, 0.15) is 5.60 Å². The molecule has 1 spiro atoms. The summed E-state index contributed by atoms with van der Waals surface area (Å²) in [4.78, 5) is 16.7. The molecule has 5 heteroatoms. The summed E-state index contributed by atoms with van der Waals surface area (Å²) in [5.41, 5.74) is -0.0894. The second-order valence-corrected chi connectivity index (χ2v) is 7.63. The van der Waals surface area contributed by atoms with E-state index in [4.69, 9.17) is 9.47 Å². The van der Waals surface area contributed by atoms with Gasteiger partial charge >= 0.3 is 0 Å². The molecule has 0 aromatic carbocycles. The van der Waals surface area contributed by atoms with E-state index in [1.54, 1.807) is 0 Å². The van der Waals surface area contributed by atoms with Crippen molar-refractivity contribution in [2.75, 3.05) is 45.9 Å². The maximum atomic E-state index is 12.3. The van der Waals surface area contributed by atoms with E-state index >= 15 is 0 Å². The van der Waals surface area contributed by atoms with E-state index in [1.165, 1.54) is 32.1 Å². The summed E-state index contributed by atoms with van der Waals surface area (Å²) >= 11 is 0. The molecular weight excluding hydrogens is 280 g/mol. The summed E-state index contributed by atoms with van der Waals surface area (Å²) in [5.74, 6) is 1.02. The summed E-state index contributed by atoms with van der Waals surface area (Å²) in [6.45, 7) is 6.00. The number of likely N-dealkylation sites (tertiary alicyclic amines) is 1. The van der Waals surface area contributed by atoms with Crippen LogP contribution < -0.4 is 0 Å². The molecule has 0 atom stereocenters. The Balaban J connectivity index is 1.18. The Hall–Kier alpha value is -0.650. The summed E-state index contributed by atoms with van der Waals surface area (Å²) in [6.07, 6.45) is 7.59. The van der Waals surface area contributed by atoms with Crippen LogP contribution in [0.3, 0.4) is 0 Å². The fraction of sp³-hybridized carbons (Fsp3) is 0.941. The van der Waals surface area contributed by atoms with Crippen molar-refractivity contribution in [1.29, 1.82) is 0 Å². The van der Waals surface area contributed by atoms with E-state index in [1.807, 2.05) is 4.90 Å². The summed E-state index contributed by atoms with van der Waals surface area (Å²) in [7, 11) is 0. The largest absolute Gasteiger partial charge is 0.377 e. The lowest BCUT2D eigenvalue weighted by Gasteiger charge is -2.54. The van der Waals surface area contributed by atoms with Crippen LogP contribution in [0.2, 0.25) is 0 Å². The topological polar surface area (TPSA) is 42.0 Å². The van der Waals surface area contributed by atoms with Crippen LogP contribution in [0.25, 0.3) is 0 Å². The predicted octanol–water partition coefficient (Wildman–Crippen LogP) is 1.27. The van der Waals surface area contributed by atoms with Crippen molar-refractivity contribution in [1.82, 2.24) is 9.80 Å². The first-order valence-electron chi connectivity index (χ1n) is 8.98. The van der Waals surface area contributed by atoms with Gasteiger partial charge in [0.2, 0.25) is 5.91 Å². The van der Waals surface area contributed by atoms with E-state index in [0.717, 1.165) is 45.8 Å². The molecule has 4 rings (SSSR count). The van der Waals surface area contributed by atoms with Crippen molar-refractivity contribution in [3.63, 3.8) is 0 Å². The van der Waals surface area contributed by atoms with Crippen LogP contribution in [0, 0.1) is 5.92 Å². The van der Waals surface area contributed by atoms with E-state index < -0.39 is 0 Å². The second-order valence-electron chi connectivity index (χ2n) is 7.63. The van der Waals surface area contributed by atoms with Crippen LogP contribution in [-0.2, 0) is 14.3 Å². The number of nitrogens with zero attached hydrogens (tertiary/aromatic N) is 2. The maximum absolute atomic E-state index is 12.3. The van der Waals surface area contributed by atoms with Gasteiger partial charge in [0.15, 0.2) is 0 Å². The van der Waals surface area contributed by atoms with Crippen LogP contribution in [0.1, 0.15) is 38.5 Å². The fourth-order valence-electron chi connectivity index (χ4n) is 3.76. The fourth-order valence-corrected chi connectivity index (χ4v) is 3.76. The lowest BCUT2D eigenvalue weighted by molar-refractivity contribution is -0.191. The molecule has 124 valence electrons. The highest BCUT2D eigenvalue weighted by Gasteiger charge is 2.48. The Bertz CT molecular complexity index is 414. The molecule has 2 saturated carbocycles. The quantitative estimate of drug-likeness (QED) is 0.741. The lowest BCUT2D eigenvalue weighted by atomic mass is 9.91. The van der Waals surface area contributed by atoms with Gasteiger partial charge < -0.3 is 14.4 Å². The third-order valence-electron chi connectivity index (χ3n) is 5.60. The number of morpholine rings is 1. The number of carbonyl (C=O) groups excluding carboxylic acids is 1. The molecule has 2 heterocycles. The Morgan fingerprint density at radius 1 is 1.18 bits per heavy atom. The van der Waals surface area contributed by atoms with Gasteiger partial charge in [-0.05, 0) is 38.0 Å². The average molecular weight is 308 g/mol. The predicted molar refractivity (Wildman–Crippen MR) is 82.6 cm³/mol. The molecule has 0 aromatic rings. The summed E-state index contributed by atoms with van der Waals surface area (Å²) in [6, 6.07) is 0. The lowest BCUT2D eigenvalue weighted by Crippen LogP contribution is -2.70. The Morgan fingerprint density at radius 3 is 2.68 bits per heavy atom. The van der Waals surface area contributed by atoms with Crippen LogP contribution in [0.15, 0.2) is 0 Å². The highest BCUT2D eigenvalue weighted by Crippen LogP contribution is 2.34. The summed E-state index contributed by atoms with van der Waals surface area (Å²) < 4.78 is 11.8. The van der Waals surface area contributed by atoms with Crippen molar-refractivity contribution in [3.8, 4) is 0 Å². The summed E-state index contributed by atoms with van der Waals surface area (Å²) in [5, 5.41) is 0. The van der Waals surface area contributed by atoms with Crippen LogP contribution >= 0.6 is 0 Å². The molecule has 2 aliphatic carbocycles. The third kappa shape index (κ3) is 3.31. The average Bonchev–Trinajstić information content (AvgIpc) is 3.23. The molecule has 2 aliphatic heterocycles. The van der Waals surface area contributed by atoms with Crippen LogP contribution in [0.4, 0.5) is 0 Å². The molecule has 5 nitrogen and oxygen atoms in total. The van der Waals surface area contributed by atoms with Gasteiger partial charge in [-0.15, -0.1) is 0 Å². The molecule has 0 radical (unpaired) electrons. The molecular formula is C17H28N2O3. The van der Waals surface area contributed by atoms with Gasteiger partial charge in [0.05, 0.1) is 25.9 Å². The van der Waals surface area contributed by atoms with Crippen molar-refractivity contribution < 1.29 is 14.3 Å². The Morgan fingerprint density at radius 2 is 2.00 bits per heavy atom. The minimum absolute atomic E-state index is 0.0894. The zero-order valence-corrected chi connectivity index (χ0v) is 13.5. The van der Waals surface area contributed by atoms with E-state index in [2.05, 4.69) is 4.90 Å². The van der Waals surface area contributed by atoms with Crippen molar-refractivity contribution in [3.05, 3.63) is 0 Å². The first kappa shape index (κ1) is 14.9. The molecule has 1 amide bonds. The molecule has 0 bridgehead atoms.